The van der Waals surface area contributed by atoms with Crippen LogP contribution in [-0.2, 0) is 4.74 Å². The molecule has 0 atom stereocenters. The minimum Gasteiger partial charge on any atom is -0.435 e. The maximum absolute atomic E-state index is 12.3. The third kappa shape index (κ3) is 4.26. The maximum atomic E-state index is 12.3. The van der Waals surface area contributed by atoms with E-state index in [1.54, 1.807) is 12.1 Å². The Morgan fingerprint density at radius 3 is 2.78 bits per heavy atom. The first-order chi connectivity index (χ1) is 11.2. The smallest absolute Gasteiger partial charge is 0.387 e. The Morgan fingerprint density at radius 1 is 1.17 bits per heavy atom. The molecule has 0 radical (unpaired) electrons. The molecule has 0 amide bonds. The van der Waals surface area contributed by atoms with Gasteiger partial charge in [0.2, 0.25) is 0 Å². The molecule has 2 aromatic rings. The second kappa shape index (κ2) is 7.19. The summed E-state index contributed by atoms with van der Waals surface area (Å²) in [5.41, 5.74) is 0.606. The molecule has 0 bridgehead atoms. The van der Waals surface area contributed by atoms with E-state index in [2.05, 4.69) is 24.9 Å². The van der Waals surface area contributed by atoms with Gasteiger partial charge in [-0.05, 0) is 12.1 Å². The number of benzene rings is 1. The molecule has 122 valence electrons. The van der Waals surface area contributed by atoms with Crippen molar-refractivity contribution >= 4 is 17.3 Å². The minimum absolute atomic E-state index is 0.0902. The van der Waals surface area contributed by atoms with Crippen LogP contribution in [0.4, 0.5) is 26.1 Å². The highest BCUT2D eigenvalue weighted by Gasteiger charge is 2.13. The molecule has 1 aliphatic rings. The second-order valence-electron chi connectivity index (χ2n) is 4.89. The Kier molecular flexibility index (Phi) is 4.82. The predicted octanol–water partition coefficient (Wildman–Crippen LogP) is 2.66. The number of hydrogen-bond acceptors (Lipinski definition) is 6. The fourth-order valence-corrected chi connectivity index (χ4v) is 2.28. The first kappa shape index (κ1) is 15.4. The Labute approximate surface area is 132 Å². The Balaban J connectivity index is 1.72. The molecule has 0 aliphatic carbocycles. The van der Waals surface area contributed by atoms with Crippen molar-refractivity contribution in [2.24, 2.45) is 0 Å². The first-order valence-electron chi connectivity index (χ1n) is 7.17. The van der Waals surface area contributed by atoms with Crippen LogP contribution >= 0.6 is 0 Å². The largest absolute Gasteiger partial charge is 0.435 e. The summed E-state index contributed by atoms with van der Waals surface area (Å²) in [6.07, 6.45) is 1.46. The van der Waals surface area contributed by atoms with Crippen molar-refractivity contribution in [2.75, 3.05) is 36.5 Å². The van der Waals surface area contributed by atoms with Gasteiger partial charge in [-0.15, -0.1) is 0 Å². The molecule has 0 spiro atoms. The molecule has 1 aliphatic heterocycles. The summed E-state index contributed by atoms with van der Waals surface area (Å²) in [7, 11) is 0. The van der Waals surface area contributed by atoms with Crippen LogP contribution in [0.3, 0.4) is 0 Å². The van der Waals surface area contributed by atoms with E-state index in [9.17, 15) is 8.78 Å². The number of aromatic nitrogens is 2. The first-order valence-corrected chi connectivity index (χ1v) is 7.17. The standard InChI is InChI=1S/C15H16F2N4O2/c16-15(17)23-12-3-1-2-11(8-12)20-13-9-14(19-10-18-13)21-4-6-22-7-5-21/h1-3,8-10,15H,4-7H2,(H,18,19,20). The average molecular weight is 322 g/mol. The van der Waals surface area contributed by atoms with Crippen LogP contribution in [0.15, 0.2) is 36.7 Å². The third-order valence-electron chi connectivity index (χ3n) is 3.32. The van der Waals surface area contributed by atoms with E-state index in [-0.39, 0.29) is 5.75 Å². The second-order valence-corrected chi connectivity index (χ2v) is 4.89. The quantitative estimate of drug-likeness (QED) is 0.913. The van der Waals surface area contributed by atoms with E-state index in [0.29, 0.717) is 24.7 Å². The van der Waals surface area contributed by atoms with Gasteiger partial charge < -0.3 is 19.7 Å². The van der Waals surface area contributed by atoms with Crippen molar-refractivity contribution in [3.8, 4) is 5.75 Å². The van der Waals surface area contributed by atoms with Gasteiger partial charge in [-0.3, -0.25) is 0 Å². The highest BCUT2D eigenvalue weighted by molar-refractivity contribution is 5.60. The number of nitrogens with zero attached hydrogens (tertiary/aromatic N) is 3. The summed E-state index contributed by atoms with van der Waals surface area (Å²) in [4.78, 5) is 10.5. The van der Waals surface area contributed by atoms with E-state index in [4.69, 9.17) is 4.74 Å². The third-order valence-corrected chi connectivity index (χ3v) is 3.32. The van der Waals surface area contributed by atoms with Crippen LogP contribution in [0.2, 0.25) is 0 Å². The van der Waals surface area contributed by atoms with Gasteiger partial charge in [0, 0.05) is 30.9 Å². The number of ether oxygens (including phenoxy) is 2. The molecule has 1 aromatic heterocycles. The summed E-state index contributed by atoms with van der Waals surface area (Å²) < 4.78 is 34.2. The Hall–Kier alpha value is -2.48. The van der Waals surface area contributed by atoms with Crippen molar-refractivity contribution in [3.05, 3.63) is 36.7 Å². The molecule has 2 heterocycles. The molecular weight excluding hydrogens is 306 g/mol. The van der Waals surface area contributed by atoms with Gasteiger partial charge in [0.15, 0.2) is 0 Å². The topological polar surface area (TPSA) is 59.5 Å². The van der Waals surface area contributed by atoms with E-state index in [1.165, 1.54) is 18.5 Å². The molecule has 1 saturated heterocycles. The SMILES string of the molecule is FC(F)Oc1cccc(Nc2cc(N3CCOCC3)ncn2)c1. The number of morpholine rings is 1. The number of halogens is 2. The lowest BCUT2D eigenvalue weighted by atomic mass is 10.3. The van der Waals surface area contributed by atoms with E-state index < -0.39 is 6.61 Å². The normalized spacial score (nSPS) is 14.8. The van der Waals surface area contributed by atoms with Crippen LogP contribution in [0.1, 0.15) is 0 Å². The zero-order chi connectivity index (χ0) is 16.1. The van der Waals surface area contributed by atoms with Gasteiger partial charge in [0.1, 0.15) is 23.7 Å². The lowest BCUT2D eigenvalue weighted by molar-refractivity contribution is -0.0497. The van der Waals surface area contributed by atoms with Gasteiger partial charge in [0.05, 0.1) is 13.2 Å². The predicted molar refractivity (Wildman–Crippen MR) is 81.4 cm³/mol. The van der Waals surface area contributed by atoms with Crippen molar-refractivity contribution in [2.45, 2.75) is 6.61 Å². The summed E-state index contributed by atoms with van der Waals surface area (Å²) in [6.45, 7) is 0.0271. The van der Waals surface area contributed by atoms with E-state index in [1.807, 2.05) is 6.07 Å². The minimum atomic E-state index is -2.85. The highest BCUT2D eigenvalue weighted by Crippen LogP contribution is 2.23. The van der Waals surface area contributed by atoms with Crippen LogP contribution in [0.25, 0.3) is 0 Å². The lowest BCUT2D eigenvalue weighted by Gasteiger charge is -2.27. The zero-order valence-corrected chi connectivity index (χ0v) is 12.3. The van der Waals surface area contributed by atoms with Crippen molar-refractivity contribution < 1.29 is 18.3 Å². The summed E-state index contributed by atoms with van der Waals surface area (Å²) in [6, 6.07) is 8.14. The molecule has 0 saturated carbocycles. The molecular formula is C15H16F2N4O2. The summed E-state index contributed by atoms with van der Waals surface area (Å²) in [5, 5.41) is 3.06. The summed E-state index contributed by atoms with van der Waals surface area (Å²) >= 11 is 0. The molecule has 1 fully saturated rings. The van der Waals surface area contributed by atoms with E-state index in [0.717, 1.165) is 18.9 Å². The van der Waals surface area contributed by atoms with Crippen molar-refractivity contribution in [3.63, 3.8) is 0 Å². The number of anilines is 3. The average Bonchev–Trinajstić information content (AvgIpc) is 2.56. The van der Waals surface area contributed by atoms with E-state index >= 15 is 0 Å². The summed E-state index contributed by atoms with van der Waals surface area (Å²) in [5.74, 6) is 1.47. The maximum Gasteiger partial charge on any atom is 0.387 e. The molecule has 23 heavy (non-hydrogen) atoms. The van der Waals surface area contributed by atoms with Crippen LogP contribution in [0.5, 0.6) is 5.75 Å². The molecule has 6 nitrogen and oxygen atoms in total. The fraction of sp³-hybridized carbons (Fsp3) is 0.333. The number of alkyl halides is 2. The fourth-order valence-electron chi connectivity index (χ4n) is 2.28. The number of rotatable bonds is 5. The highest BCUT2D eigenvalue weighted by atomic mass is 19.3. The number of hydrogen-bond donors (Lipinski definition) is 1. The van der Waals surface area contributed by atoms with Crippen LogP contribution < -0.4 is 15.0 Å². The van der Waals surface area contributed by atoms with Gasteiger partial charge >= 0.3 is 6.61 Å². The van der Waals surface area contributed by atoms with Gasteiger partial charge in [0.25, 0.3) is 0 Å². The lowest BCUT2D eigenvalue weighted by Crippen LogP contribution is -2.36. The zero-order valence-electron chi connectivity index (χ0n) is 12.3. The van der Waals surface area contributed by atoms with Gasteiger partial charge in [-0.25, -0.2) is 9.97 Å². The van der Waals surface area contributed by atoms with Gasteiger partial charge in [-0.1, -0.05) is 6.07 Å². The van der Waals surface area contributed by atoms with Crippen molar-refractivity contribution in [1.82, 2.24) is 9.97 Å². The Bertz CT molecular complexity index is 651. The van der Waals surface area contributed by atoms with Gasteiger partial charge in [-0.2, -0.15) is 8.78 Å². The molecule has 1 N–H and O–H groups in total. The molecule has 8 heteroatoms. The van der Waals surface area contributed by atoms with Crippen molar-refractivity contribution in [1.29, 1.82) is 0 Å². The van der Waals surface area contributed by atoms with Crippen LogP contribution in [0, 0.1) is 0 Å². The molecule has 1 aromatic carbocycles. The molecule has 0 unspecified atom stereocenters. The monoisotopic (exact) mass is 322 g/mol. The van der Waals surface area contributed by atoms with Crippen LogP contribution in [-0.4, -0.2) is 42.9 Å². The number of nitrogens with one attached hydrogen (secondary N) is 1. The molecule has 3 rings (SSSR count). The Morgan fingerprint density at radius 2 is 2.00 bits per heavy atom.